The van der Waals surface area contributed by atoms with E-state index in [1.54, 1.807) is 16.3 Å². The van der Waals surface area contributed by atoms with E-state index in [1.807, 2.05) is 11.4 Å². The minimum absolute atomic E-state index is 0.125. The summed E-state index contributed by atoms with van der Waals surface area (Å²) in [6.07, 6.45) is 0. The second kappa shape index (κ2) is 2.59. The number of aromatic nitrogens is 2. The molecule has 0 spiro atoms. The maximum absolute atomic E-state index is 11.8. The molecule has 66 valence electrons. The van der Waals surface area contributed by atoms with Crippen LogP contribution in [0.15, 0.2) is 21.4 Å². The molecule has 0 aromatic carbocycles. The molecule has 3 nitrogen and oxygen atoms in total. The number of rotatable bonds is 0. The van der Waals surface area contributed by atoms with Gasteiger partial charge in [0.05, 0.1) is 5.52 Å². The van der Waals surface area contributed by atoms with Crippen molar-refractivity contribution in [2.45, 2.75) is 11.7 Å². The first-order chi connectivity index (χ1) is 6.36. The molecule has 0 N–H and O–H groups in total. The highest BCUT2D eigenvalue weighted by atomic mass is 32.2. The summed E-state index contributed by atoms with van der Waals surface area (Å²) >= 11 is 3.13. The monoisotopic (exact) mass is 210 g/mol. The van der Waals surface area contributed by atoms with E-state index in [2.05, 4.69) is 4.98 Å². The molecule has 0 bridgehead atoms. The Morgan fingerprint density at radius 3 is 3.38 bits per heavy atom. The lowest BCUT2D eigenvalue weighted by molar-refractivity contribution is 0.670. The molecule has 0 saturated carbocycles. The summed E-state index contributed by atoms with van der Waals surface area (Å²) in [5.74, 6) is 0.972. The minimum atomic E-state index is 0.125. The molecule has 13 heavy (non-hydrogen) atoms. The third-order valence-electron chi connectivity index (χ3n) is 2.08. The molecule has 3 heterocycles. The van der Waals surface area contributed by atoms with E-state index < -0.39 is 0 Å². The molecule has 3 rings (SSSR count). The van der Waals surface area contributed by atoms with Crippen LogP contribution in [0.3, 0.4) is 0 Å². The highest BCUT2D eigenvalue weighted by molar-refractivity contribution is 7.99. The van der Waals surface area contributed by atoms with Crippen molar-refractivity contribution < 1.29 is 0 Å². The first-order valence-corrected chi connectivity index (χ1v) is 5.83. The van der Waals surface area contributed by atoms with Gasteiger partial charge >= 0.3 is 0 Å². The summed E-state index contributed by atoms with van der Waals surface area (Å²) in [5, 5.41) is 2.79. The van der Waals surface area contributed by atoms with E-state index in [0.29, 0.717) is 0 Å². The Morgan fingerprint density at radius 2 is 2.46 bits per heavy atom. The molecule has 2 aromatic heterocycles. The number of thiophene rings is 1. The number of thioether (sulfide) groups is 1. The van der Waals surface area contributed by atoms with Gasteiger partial charge in [-0.15, -0.1) is 11.3 Å². The van der Waals surface area contributed by atoms with Gasteiger partial charge in [-0.25, -0.2) is 4.98 Å². The summed E-state index contributed by atoms with van der Waals surface area (Å²) in [6, 6.07) is 1.90. The number of fused-ring (bicyclic) bond motifs is 2. The van der Waals surface area contributed by atoms with Crippen LogP contribution in [0.1, 0.15) is 0 Å². The van der Waals surface area contributed by atoms with E-state index in [1.165, 1.54) is 11.3 Å². The molecular formula is C8H6N2OS2. The van der Waals surface area contributed by atoms with Gasteiger partial charge in [-0.2, -0.15) is 0 Å². The van der Waals surface area contributed by atoms with Crippen LogP contribution in [0.2, 0.25) is 0 Å². The molecule has 0 fully saturated rings. The molecule has 0 radical (unpaired) electrons. The van der Waals surface area contributed by atoms with E-state index in [0.717, 1.165) is 27.7 Å². The minimum Gasteiger partial charge on any atom is -0.286 e. The van der Waals surface area contributed by atoms with Crippen molar-refractivity contribution in [3.63, 3.8) is 0 Å². The smallest absolute Gasteiger partial charge is 0.272 e. The van der Waals surface area contributed by atoms with Crippen LogP contribution < -0.4 is 5.56 Å². The van der Waals surface area contributed by atoms with E-state index in [9.17, 15) is 4.79 Å². The summed E-state index contributed by atoms with van der Waals surface area (Å²) in [5.41, 5.74) is 0.968. The zero-order valence-electron chi connectivity index (χ0n) is 6.69. The fourth-order valence-electron chi connectivity index (χ4n) is 1.46. The maximum Gasteiger partial charge on any atom is 0.272 e. The van der Waals surface area contributed by atoms with E-state index >= 15 is 0 Å². The molecule has 0 unspecified atom stereocenters. The van der Waals surface area contributed by atoms with Crippen LogP contribution in [-0.4, -0.2) is 15.3 Å². The molecule has 5 heteroatoms. The molecule has 1 aliphatic heterocycles. The fraction of sp³-hybridized carbons (Fsp3) is 0.250. The van der Waals surface area contributed by atoms with Gasteiger partial charge in [-0.3, -0.25) is 9.36 Å². The lowest BCUT2D eigenvalue weighted by Gasteiger charge is -1.99. The average molecular weight is 210 g/mol. The van der Waals surface area contributed by atoms with Crippen LogP contribution in [0.25, 0.3) is 10.2 Å². The van der Waals surface area contributed by atoms with Crippen molar-refractivity contribution in [1.29, 1.82) is 0 Å². The van der Waals surface area contributed by atoms with Gasteiger partial charge in [-0.1, -0.05) is 11.8 Å². The van der Waals surface area contributed by atoms with Crippen LogP contribution in [-0.2, 0) is 6.54 Å². The Kier molecular flexibility index (Phi) is 1.51. The highest BCUT2D eigenvalue weighted by Gasteiger charge is 2.16. The predicted octanol–water partition coefficient (Wildman–Crippen LogP) is 1.56. The molecule has 0 atom stereocenters. The summed E-state index contributed by atoms with van der Waals surface area (Å²) in [4.78, 5) is 16.2. The largest absolute Gasteiger partial charge is 0.286 e. The van der Waals surface area contributed by atoms with Crippen LogP contribution in [0.4, 0.5) is 0 Å². The van der Waals surface area contributed by atoms with Gasteiger partial charge in [0.2, 0.25) is 0 Å². The van der Waals surface area contributed by atoms with E-state index in [-0.39, 0.29) is 5.56 Å². The number of nitrogens with zero attached hydrogens (tertiary/aromatic N) is 2. The zero-order chi connectivity index (χ0) is 8.84. The van der Waals surface area contributed by atoms with Crippen molar-refractivity contribution >= 4 is 33.3 Å². The van der Waals surface area contributed by atoms with Crippen molar-refractivity contribution in [3.05, 3.63) is 21.8 Å². The van der Waals surface area contributed by atoms with Gasteiger partial charge in [0.15, 0.2) is 5.16 Å². The normalized spacial score (nSPS) is 15.1. The SMILES string of the molecule is O=c1c2sccc2nc2n1CCS2. The predicted molar refractivity (Wildman–Crippen MR) is 54.6 cm³/mol. The Bertz CT molecular complexity index is 528. The molecule has 0 aliphatic carbocycles. The molecule has 0 saturated heterocycles. The Balaban J connectivity index is 2.53. The Morgan fingerprint density at radius 1 is 1.54 bits per heavy atom. The topological polar surface area (TPSA) is 34.9 Å². The Hall–Kier alpha value is -0.810. The number of hydrogen-bond donors (Lipinski definition) is 0. The van der Waals surface area contributed by atoms with Crippen molar-refractivity contribution in [2.24, 2.45) is 0 Å². The third kappa shape index (κ3) is 0.971. The maximum atomic E-state index is 11.8. The highest BCUT2D eigenvalue weighted by Crippen LogP contribution is 2.24. The summed E-state index contributed by atoms with van der Waals surface area (Å²) in [7, 11) is 0. The first kappa shape index (κ1) is 7.58. The van der Waals surface area contributed by atoms with Gasteiger partial charge in [0.25, 0.3) is 5.56 Å². The van der Waals surface area contributed by atoms with Crippen LogP contribution in [0.5, 0.6) is 0 Å². The molecule has 1 aliphatic rings. The molecular weight excluding hydrogens is 204 g/mol. The standard InChI is InChI=1S/C8H6N2OS2/c11-7-6-5(1-3-12-6)9-8-10(7)2-4-13-8/h1,3H,2,4H2. The number of hydrogen-bond acceptors (Lipinski definition) is 4. The quantitative estimate of drug-likeness (QED) is 0.619. The second-order valence-electron chi connectivity index (χ2n) is 2.83. The van der Waals surface area contributed by atoms with E-state index in [4.69, 9.17) is 0 Å². The van der Waals surface area contributed by atoms with Crippen molar-refractivity contribution in [1.82, 2.24) is 9.55 Å². The average Bonchev–Trinajstić information content (AvgIpc) is 2.71. The second-order valence-corrected chi connectivity index (χ2v) is 4.81. The van der Waals surface area contributed by atoms with Crippen LogP contribution >= 0.6 is 23.1 Å². The fourth-order valence-corrected chi connectivity index (χ4v) is 3.19. The van der Waals surface area contributed by atoms with Crippen molar-refractivity contribution in [3.8, 4) is 0 Å². The zero-order valence-corrected chi connectivity index (χ0v) is 8.32. The first-order valence-electron chi connectivity index (χ1n) is 3.97. The summed E-state index contributed by atoms with van der Waals surface area (Å²) < 4.78 is 2.55. The molecule has 2 aromatic rings. The lowest BCUT2D eigenvalue weighted by atomic mass is 10.5. The van der Waals surface area contributed by atoms with Gasteiger partial charge in [0, 0.05) is 12.3 Å². The van der Waals surface area contributed by atoms with Gasteiger partial charge in [-0.05, 0) is 11.4 Å². The van der Waals surface area contributed by atoms with Gasteiger partial charge in [0.1, 0.15) is 4.70 Å². The Labute approximate surface area is 82.4 Å². The molecule has 0 amide bonds. The van der Waals surface area contributed by atoms with Crippen LogP contribution in [0, 0.1) is 0 Å². The summed E-state index contributed by atoms with van der Waals surface area (Å²) in [6.45, 7) is 0.805. The lowest BCUT2D eigenvalue weighted by Crippen LogP contribution is -2.19. The van der Waals surface area contributed by atoms with Crippen molar-refractivity contribution in [2.75, 3.05) is 5.75 Å². The van der Waals surface area contributed by atoms with Gasteiger partial charge < -0.3 is 0 Å². The third-order valence-corrected chi connectivity index (χ3v) is 3.93.